The van der Waals surface area contributed by atoms with E-state index in [-0.39, 0.29) is 6.61 Å². The molecule has 1 atom stereocenters. The van der Waals surface area contributed by atoms with Crippen LogP contribution < -0.4 is 4.74 Å². The van der Waals surface area contributed by atoms with Gasteiger partial charge in [-0.1, -0.05) is 35.0 Å². The minimum absolute atomic E-state index is 0.150. The molecule has 1 heterocycles. The summed E-state index contributed by atoms with van der Waals surface area (Å²) >= 11 is 13.3. The first-order valence-electron chi connectivity index (χ1n) is 5.92. The Hall–Kier alpha value is -0.880. The number of imidazole rings is 1. The summed E-state index contributed by atoms with van der Waals surface area (Å²) in [5.74, 6) is 0.962. The third-order valence-electron chi connectivity index (χ3n) is 2.51. The van der Waals surface area contributed by atoms with Crippen molar-refractivity contribution in [3.05, 3.63) is 40.6 Å². The van der Waals surface area contributed by atoms with E-state index >= 15 is 0 Å². The van der Waals surface area contributed by atoms with Gasteiger partial charge in [0.2, 0.25) is 0 Å². The molecule has 20 heavy (non-hydrogen) atoms. The second-order valence-corrected chi connectivity index (χ2v) is 6.00. The summed E-state index contributed by atoms with van der Waals surface area (Å²) in [4.78, 5) is 4.17. The Morgan fingerprint density at radius 1 is 1.45 bits per heavy atom. The fourth-order valence-corrected chi connectivity index (χ4v) is 2.66. The minimum atomic E-state index is -0.619. The monoisotopic (exact) mass is 332 g/mol. The fourth-order valence-electron chi connectivity index (χ4n) is 1.48. The van der Waals surface area contributed by atoms with Crippen LogP contribution >= 0.6 is 35.0 Å². The maximum Gasteiger partial charge on any atom is 0.167 e. The van der Waals surface area contributed by atoms with Crippen molar-refractivity contribution >= 4 is 35.0 Å². The van der Waals surface area contributed by atoms with Gasteiger partial charge in [0.1, 0.15) is 12.4 Å². The van der Waals surface area contributed by atoms with E-state index in [9.17, 15) is 5.11 Å². The highest BCUT2D eigenvalue weighted by molar-refractivity contribution is 7.99. The number of halogens is 2. The molecule has 1 aromatic heterocycles. The second-order valence-electron chi connectivity index (χ2n) is 4.17. The molecule has 0 radical (unpaired) electrons. The van der Waals surface area contributed by atoms with Gasteiger partial charge in [-0.25, -0.2) is 4.98 Å². The standard InChI is InChI=1S/C13H14Cl2N2O2S/c1-17-5-4-16-13(17)20-8-10(18)7-19-12-6-9(14)2-3-11(12)15/h2-6,10,18H,7-8H2,1H3. The van der Waals surface area contributed by atoms with Gasteiger partial charge in [0.25, 0.3) is 0 Å². The average molecular weight is 333 g/mol. The van der Waals surface area contributed by atoms with Crippen LogP contribution in [0.2, 0.25) is 10.0 Å². The number of nitrogens with zero attached hydrogens (tertiary/aromatic N) is 2. The Bertz CT molecular complexity index is 577. The third kappa shape index (κ3) is 4.31. The maximum absolute atomic E-state index is 9.90. The largest absolute Gasteiger partial charge is 0.489 e. The zero-order valence-corrected chi connectivity index (χ0v) is 13.1. The van der Waals surface area contributed by atoms with Crippen LogP contribution in [0.3, 0.4) is 0 Å². The SMILES string of the molecule is Cn1ccnc1SCC(O)COc1cc(Cl)ccc1Cl. The van der Waals surface area contributed by atoms with E-state index in [1.165, 1.54) is 11.8 Å². The lowest BCUT2D eigenvalue weighted by Crippen LogP contribution is -2.20. The van der Waals surface area contributed by atoms with Crippen molar-refractivity contribution in [2.45, 2.75) is 11.3 Å². The Morgan fingerprint density at radius 3 is 2.95 bits per heavy atom. The van der Waals surface area contributed by atoms with Gasteiger partial charge in [0.15, 0.2) is 5.16 Å². The third-order valence-corrected chi connectivity index (χ3v) is 4.26. The Balaban J connectivity index is 1.81. The van der Waals surface area contributed by atoms with Crippen molar-refractivity contribution in [3.8, 4) is 5.75 Å². The van der Waals surface area contributed by atoms with Gasteiger partial charge < -0.3 is 14.4 Å². The van der Waals surface area contributed by atoms with Gasteiger partial charge >= 0.3 is 0 Å². The summed E-state index contributed by atoms with van der Waals surface area (Å²) in [6.45, 7) is 0.150. The molecule has 7 heteroatoms. The molecule has 0 bridgehead atoms. The van der Waals surface area contributed by atoms with Crippen molar-refractivity contribution in [3.63, 3.8) is 0 Å². The van der Waals surface area contributed by atoms with Gasteiger partial charge in [0, 0.05) is 36.3 Å². The lowest BCUT2D eigenvalue weighted by atomic mass is 10.3. The van der Waals surface area contributed by atoms with Crippen LogP contribution in [0.4, 0.5) is 0 Å². The quantitative estimate of drug-likeness (QED) is 0.825. The zero-order valence-electron chi connectivity index (χ0n) is 10.8. The first kappa shape index (κ1) is 15.5. The van der Waals surface area contributed by atoms with Crippen LogP contribution in [0.5, 0.6) is 5.75 Å². The van der Waals surface area contributed by atoms with Crippen LogP contribution in [0, 0.1) is 0 Å². The zero-order chi connectivity index (χ0) is 14.5. The number of aromatic nitrogens is 2. The molecule has 0 saturated carbocycles. The molecular weight excluding hydrogens is 319 g/mol. The van der Waals surface area contributed by atoms with Crippen molar-refractivity contribution < 1.29 is 9.84 Å². The number of hydrogen-bond donors (Lipinski definition) is 1. The van der Waals surface area contributed by atoms with Crippen LogP contribution in [0.1, 0.15) is 0 Å². The summed E-state index contributed by atoms with van der Waals surface area (Å²) in [6, 6.07) is 4.97. The number of aliphatic hydroxyl groups is 1. The van der Waals surface area contributed by atoms with E-state index in [4.69, 9.17) is 27.9 Å². The minimum Gasteiger partial charge on any atom is -0.489 e. The normalized spacial score (nSPS) is 12.4. The lowest BCUT2D eigenvalue weighted by Gasteiger charge is -2.13. The highest BCUT2D eigenvalue weighted by atomic mass is 35.5. The van der Waals surface area contributed by atoms with Gasteiger partial charge in [-0.15, -0.1) is 0 Å². The number of rotatable bonds is 6. The van der Waals surface area contributed by atoms with Crippen LogP contribution in [0.25, 0.3) is 0 Å². The molecule has 2 aromatic rings. The number of thioether (sulfide) groups is 1. The predicted molar refractivity (Wildman–Crippen MR) is 81.9 cm³/mol. The molecule has 0 fully saturated rings. The number of ether oxygens (including phenoxy) is 1. The number of aliphatic hydroxyl groups excluding tert-OH is 1. The second kappa shape index (κ2) is 7.22. The summed E-state index contributed by atoms with van der Waals surface area (Å²) in [7, 11) is 1.91. The molecule has 108 valence electrons. The van der Waals surface area contributed by atoms with E-state index in [0.717, 1.165) is 5.16 Å². The predicted octanol–water partition coefficient (Wildman–Crippen LogP) is 3.26. The first-order valence-corrected chi connectivity index (χ1v) is 7.66. The van der Waals surface area contributed by atoms with Crippen molar-refractivity contribution in [1.29, 1.82) is 0 Å². The van der Waals surface area contributed by atoms with E-state index in [0.29, 0.717) is 21.5 Å². The van der Waals surface area contributed by atoms with Gasteiger partial charge in [-0.3, -0.25) is 0 Å². The maximum atomic E-state index is 9.90. The Morgan fingerprint density at radius 2 is 2.25 bits per heavy atom. The summed E-state index contributed by atoms with van der Waals surface area (Å²) in [6.07, 6.45) is 2.96. The van der Waals surface area contributed by atoms with E-state index in [1.807, 2.05) is 17.8 Å². The number of hydrogen-bond acceptors (Lipinski definition) is 4. The first-order chi connectivity index (χ1) is 9.56. The van der Waals surface area contributed by atoms with Gasteiger partial charge in [0.05, 0.1) is 11.1 Å². The Labute approximate surface area is 131 Å². The fraction of sp³-hybridized carbons (Fsp3) is 0.308. The van der Waals surface area contributed by atoms with Gasteiger partial charge in [-0.05, 0) is 12.1 Å². The van der Waals surface area contributed by atoms with Crippen LogP contribution in [-0.4, -0.2) is 33.1 Å². The van der Waals surface area contributed by atoms with Crippen LogP contribution in [0.15, 0.2) is 35.7 Å². The topological polar surface area (TPSA) is 47.3 Å². The van der Waals surface area contributed by atoms with Crippen molar-refractivity contribution in [2.75, 3.05) is 12.4 Å². The molecule has 4 nitrogen and oxygen atoms in total. The number of aryl methyl sites for hydroxylation is 1. The summed E-state index contributed by atoms with van der Waals surface area (Å²) in [5.41, 5.74) is 0. The highest BCUT2D eigenvalue weighted by Crippen LogP contribution is 2.28. The Kier molecular flexibility index (Phi) is 5.60. The molecule has 0 aliphatic rings. The molecule has 0 amide bonds. The van der Waals surface area contributed by atoms with Crippen LogP contribution in [-0.2, 0) is 7.05 Å². The lowest BCUT2D eigenvalue weighted by molar-refractivity contribution is 0.126. The molecular formula is C13H14Cl2N2O2S. The molecule has 2 rings (SSSR count). The van der Waals surface area contributed by atoms with Crippen molar-refractivity contribution in [1.82, 2.24) is 9.55 Å². The average Bonchev–Trinajstić information content (AvgIpc) is 2.83. The smallest absolute Gasteiger partial charge is 0.167 e. The highest BCUT2D eigenvalue weighted by Gasteiger charge is 2.10. The molecule has 0 spiro atoms. The van der Waals surface area contributed by atoms with Crippen molar-refractivity contribution in [2.24, 2.45) is 7.05 Å². The van der Waals surface area contributed by atoms with Gasteiger partial charge in [-0.2, -0.15) is 0 Å². The van der Waals surface area contributed by atoms with E-state index in [1.54, 1.807) is 24.4 Å². The van der Waals surface area contributed by atoms with E-state index in [2.05, 4.69) is 4.98 Å². The molecule has 1 N–H and O–H groups in total. The molecule has 0 aliphatic carbocycles. The summed E-state index contributed by atoms with van der Waals surface area (Å²) < 4.78 is 7.37. The molecule has 1 aromatic carbocycles. The molecule has 1 unspecified atom stereocenters. The number of benzene rings is 1. The molecule has 0 saturated heterocycles. The summed E-state index contributed by atoms with van der Waals surface area (Å²) in [5, 5.41) is 11.8. The molecule has 0 aliphatic heterocycles. The van der Waals surface area contributed by atoms with E-state index < -0.39 is 6.10 Å².